The summed E-state index contributed by atoms with van der Waals surface area (Å²) < 4.78 is 32.4. The van der Waals surface area contributed by atoms with Crippen LogP contribution in [-0.2, 0) is 10.0 Å². The van der Waals surface area contributed by atoms with Gasteiger partial charge in [0, 0.05) is 6.54 Å². The van der Waals surface area contributed by atoms with Crippen molar-refractivity contribution in [1.29, 1.82) is 0 Å². The van der Waals surface area contributed by atoms with E-state index in [1.165, 1.54) is 6.07 Å². The fourth-order valence-electron chi connectivity index (χ4n) is 1.96. The maximum Gasteiger partial charge on any atom is 0.263 e. The standard InChI is InChI=1S/C16H19N3O3S/c1-4-9-17-13-5-8-16(18-11-13)19-23(20,21)14-6-7-15(22-3)12(2)10-14/h4-8,10-11,17H,1,9H2,2-3H3,(H,18,19). The van der Waals surface area contributed by atoms with E-state index in [4.69, 9.17) is 4.74 Å². The lowest BCUT2D eigenvalue weighted by Crippen LogP contribution is -2.14. The van der Waals surface area contributed by atoms with E-state index >= 15 is 0 Å². The molecular formula is C16H19N3O3S. The van der Waals surface area contributed by atoms with Crippen molar-refractivity contribution >= 4 is 21.5 Å². The minimum absolute atomic E-state index is 0.159. The molecule has 122 valence electrons. The molecule has 0 amide bonds. The van der Waals surface area contributed by atoms with Gasteiger partial charge in [-0.1, -0.05) is 6.08 Å². The average molecular weight is 333 g/mol. The number of hydrogen-bond donors (Lipinski definition) is 2. The van der Waals surface area contributed by atoms with Gasteiger partial charge >= 0.3 is 0 Å². The quantitative estimate of drug-likeness (QED) is 0.762. The lowest BCUT2D eigenvalue weighted by atomic mass is 10.2. The molecule has 0 unspecified atom stereocenters. The number of aromatic nitrogens is 1. The molecule has 1 aromatic heterocycles. The third-order valence-electron chi connectivity index (χ3n) is 3.13. The monoisotopic (exact) mass is 333 g/mol. The molecule has 1 heterocycles. The highest BCUT2D eigenvalue weighted by Gasteiger charge is 2.16. The number of pyridine rings is 1. The number of nitrogens with zero attached hydrogens (tertiary/aromatic N) is 1. The molecule has 6 nitrogen and oxygen atoms in total. The molecule has 1 aromatic carbocycles. The number of sulfonamides is 1. The van der Waals surface area contributed by atoms with Gasteiger partial charge in [-0.25, -0.2) is 13.4 Å². The summed E-state index contributed by atoms with van der Waals surface area (Å²) in [4.78, 5) is 4.25. The van der Waals surface area contributed by atoms with Crippen LogP contribution in [-0.4, -0.2) is 27.1 Å². The Balaban J connectivity index is 2.17. The van der Waals surface area contributed by atoms with Crippen LogP contribution in [0.15, 0.2) is 54.1 Å². The molecule has 0 fully saturated rings. The lowest BCUT2D eigenvalue weighted by Gasteiger charge is -2.10. The second kappa shape index (κ2) is 7.15. The van der Waals surface area contributed by atoms with Gasteiger partial charge in [0.1, 0.15) is 11.6 Å². The third-order valence-corrected chi connectivity index (χ3v) is 4.48. The predicted molar refractivity (Wildman–Crippen MR) is 91.5 cm³/mol. The van der Waals surface area contributed by atoms with Gasteiger partial charge in [0.15, 0.2) is 0 Å². The molecule has 0 aliphatic rings. The van der Waals surface area contributed by atoms with Gasteiger partial charge in [0.25, 0.3) is 10.0 Å². The van der Waals surface area contributed by atoms with Crippen molar-refractivity contribution in [3.05, 3.63) is 54.7 Å². The summed E-state index contributed by atoms with van der Waals surface area (Å²) in [5, 5.41) is 3.06. The number of anilines is 2. The summed E-state index contributed by atoms with van der Waals surface area (Å²) in [6.45, 7) is 6.01. The zero-order chi connectivity index (χ0) is 16.9. The molecule has 23 heavy (non-hydrogen) atoms. The van der Waals surface area contributed by atoms with Gasteiger partial charge in [-0.05, 0) is 42.8 Å². The van der Waals surface area contributed by atoms with E-state index < -0.39 is 10.0 Å². The Morgan fingerprint density at radius 1 is 1.30 bits per heavy atom. The molecule has 0 saturated carbocycles. The first kappa shape index (κ1) is 16.8. The summed E-state index contributed by atoms with van der Waals surface area (Å²) in [5.74, 6) is 0.891. The van der Waals surface area contributed by atoms with Crippen molar-refractivity contribution in [1.82, 2.24) is 4.98 Å². The second-order valence-corrected chi connectivity index (χ2v) is 6.52. The van der Waals surface area contributed by atoms with E-state index in [0.29, 0.717) is 12.3 Å². The number of benzene rings is 1. The van der Waals surface area contributed by atoms with Gasteiger partial charge in [0.2, 0.25) is 0 Å². The highest BCUT2D eigenvalue weighted by Crippen LogP contribution is 2.23. The predicted octanol–water partition coefficient (Wildman–Crippen LogP) is 2.80. The van der Waals surface area contributed by atoms with Crippen molar-refractivity contribution < 1.29 is 13.2 Å². The molecule has 0 radical (unpaired) electrons. The first-order valence-electron chi connectivity index (χ1n) is 6.94. The van der Waals surface area contributed by atoms with Crippen LogP contribution in [0.1, 0.15) is 5.56 Å². The van der Waals surface area contributed by atoms with Crippen LogP contribution >= 0.6 is 0 Å². The van der Waals surface area contributed by atoms with E-state index in [2.05, 4.69) is 21.6 Å². The molecule has 2 aromatic rings. The van der Waals surface area contributed by atoms with E-state index in [-0.39, 0.29) is 10.7 Å². The molecule has 0 spiro atoms. The molecule has 2 N–H and O–H groups in total. The third kappa shape index (κ3) is 4.23. The number of nitrogens with one attached hydrogen (secondary N) is 2. The molecule has 0 aliphatic carbocycles. The average Bonchev–Trinajstić information content (AvgIpc) is 2.54. The molecule has 0 bridgehead atoms. The summed E-state index contributed by atoms with van der Waals surface area (Å²) >= 11 is 0. The second-order valence-electron chi connectivity index (χ2n) is 4.84. The largest absolute Gasteiger partial charge is 0.496 e. The Kier molecular flexibility index (Phi) is 5.23. The van der Waals surface area contributed by atoms with Crippen molar-refractivity contribution in [3.8, 4) is 5.75 Å². The Morgan fingerprint density at radius 2 is 2.09 bits per heavy atom. The topological polar surface area (TPSA) is 80.3 Å². The first-order valence-corrected chi connectivity index (χ1v) is 8.43. The van der Waals surface area contributed by atoms with E-state index in [1.54, 1.807) is 50.6 Å². The van der Waals surface area contributed by atoms with Crippen LogP contribution in [0.2, 0.25) is 0 Å². The summed E-state index contributed by atoms with van der Waals surface area (Å²) in [5.41, 5.74) is 1.53. The highest BCUT2D eigenvalue weighted by molar-refractivity contribution is 7.92. The van der Waals surface area contributed by atoms with Crippen LogP contribution in [0.4, 0.5) is 11.5 Å². The first-order chi connectivity index (χ1) is 11.0. The Morgan fingerprint density at radius 3 is 2.65 bits per heavy atom. The van der Waals surface area contributed by atoms with Crippen molar-refractivity contribution in [3.63, 3.8) is 0 Å². The number of rotatable bonds is 7. The van der Waals surface area contributed by atoms with E-state index in [1.807, 2.05) is 0 Å². The van der Waals surface area contributed by atoms with Crippen LogP contribution < -0.4 is 14.8 Å². The lowest BCUT2D eigenvalue weighted by molar-refractivity contribution is 0.411. The van der Waals surface area contributed by atoms with Gasteiger partial charge in [-0.3, -0.25) is 4.72 Å². The van der Waals surface area contributed by atoms with Crippen LogP contribution in [0.25, 0.3) is 0 Å². The minimum atomic E-state index is -3.70. The van der Waals surface area contributed by atoms with Gasteiger partial charge in [-0.2, -0.15) is 0 Å². The minimum Gasteiger partial charge on any atom is -0.496 e. The zero-order valence-electron chi connectivity index (χ0n) is 13.0. The number of ether oxygens (including phenoxy) is 1. The summed E-state index contributed by atoms with van der Waals surface area (Å²) in [7, 11) is -2.15. The Bertz CT molecular complexity index is 787. The maximum absolute atomic E-state index is 12.4. The normalized spacial score (nSPS) is 10.9. The van der Waals surface area contributed by atoms with E-state index in [0.717, 1.165) is 11.3 Å². The molecule has 0 saturated heterocycles. The van der Waals surface area contributed by atoms with Crippen molar-refractivity contribution in [2.45, 2.75) is 11.8 Å². The van der Waals surface area contributed by atoms with E-state index in [9.17, 15) is 8.42 Å². The fourth-order valence-corrected chi connectivity index (χ4v) is 3.06. The summed E-state index contributed by atoms with van der Waals surface area (Å²) in [6.07, 6.45) is 3.28. The van der Waals surface area contributed by atoms with Crippen LogP contribution in [0.5, 0.6) is 5.75 Å². The molecular weight excluding hydrogens is 314 g/mol. The molecule has 2 rings (SSSR count). The number of aryl methyl sites for hydroxylation is 1. The maximum atomic E-state index is 12.4. The smallest absolute Gasteiger partial charge is 0.263 e. The van der Waals surface area contributed by atoms with Gasteiger partial charge < -0.3 is 10.1 Å². The number of methoxy groups -OCH3 is 1. The van der Waals surface area contributed by atoms with Crippen LogP contribution in [0.3, 0.4) is 0 Å². The van der Waals surface area contributed by atoms with Gasteiger partial charge in [-0.15, -0.1) is 6.58 Å². The fraction of sp³-hybridized carbons (Fsp3) is 0.188. The highest BCUT2D eigenvalue weighted by atomic mass is 32.2. The van der Waals surface area contributed by atoms with Crippen molar-refractivity contribution in [2.24, 2.45) is 0 Å². The number of hydrogen-bond acceptors (Lipinski definition) is 5. The Labute approximate surface area is 136 Å². The molecule has 7 heteroatoms. The van der Waals surface area contributed by atoms with Gasteiger partial charge in [0.05, 0.1) is 23.9 Å². The molecule has 0 aliphatic heterocycles. The zero-order valence-corrected chi connectivity index (χ0v) is 13.9. The SMILES string of the molecule is C=CCNc1ccc(NS(=O)(=O)c2ccc(OC)c(C)c2)nc1. The van der Waals surface area contributed by atoms with Crippen LogP contribution in [0, 0.1) is 6.92 Å². The summed E-state index contributed by atoms with van der Waals surface area (Å²) in [6, 6.07) is 8.02. The Hall–Kier alpha value is -2.54. The van der Waals surface area contributed by atoms with Crippen molar-refractivity contribution in [2.75, 3.05) is 23.7 Å². The molecule has 0 atom stereocenters.